The Morgan fingerprint density at radius 2 is 2.00 bits per heavy atom. The maximum absolute atomic E-state index is 11.3. The zero-order valence-electron chi connectivity index (χ0n) is 8.93. The van der Waals surface area contributed by atoms with Crippen molar-refractivity contribution in [3.8, 4) is 0 Å². The molecule has 1 amide bonds. The van der Waals surface area contributed by atoms with Crippen molar-refractivity contribution in [2.75, 3.05) is 0 Å². The van der Waals surface area contributed by atoms with Gasteiger partial charge in [-0.3, -0.25) is 4.79 Å². The molecule has 0 bridgehead atoms. The van der Waals surface area contributed by atoms with Crippen molar-refractivity contribution in [3.05, 3.63) is 20.8 Å². The number of hydrogen-bond donors (Lipinski definition) is 1. The quantitative estimate of drug-likeness (QED) is 0.878. The number of carbonyl (C=O) groups excluding carboxylic acids is 1. The summed E-state index contributed by atoms with van der Waals surface area (Å²) in [5.41, 5.74) is 0. The maximum Gasteiger partial charge on any atom is 0.261 e. The van der Waals surface area contributed by atoms with Crippen molar-refractivity contribution in [3.63, 3.8) is 0 Å². The van der Waals surface area contributed by atoms with Crippen molar-refractivity contribution in [1.82, 2.24) is 5.32 Å². The summed E-state index contributed by atoms with van der Waals surface area (Å²) in [5.74, 6) is 0.000648. The van der Waals surface area contributed by atoms with Gasteiger partial charge >= 0.3 is 0 Å². The Morgan fingerprint density at radius 3 is 2.36 bits per heavy atom. The third-order valence-electron chi connectivity index (χ3n) is 1.22. The number of thiophene rings is 1. The summed E-state index contributed by atoms with van der Waals surface area (Å²) in [7, 11) is 0. The minimum atomic E-state index is 0.000648. The molecule has 4 heteroatoms. The second-order valence-electron chi connectivity index (χ2n) is 2.73. The van der Waals surface area contributed by atoms with E-state index in [4.69, 9.17) is 0 Å². The summed E-state index contributed by atoms with van der Waals surface area (Å²) >= 11 is 4.75. The van der Waals surface area contributed by atoms with Gasteiger partial charge in [-0.25, -0.2) is 0 Å². The van der Waals surface area contributed by atoms with E-state index >= 15 is 0 Å². The maximum atomic E-state index is 11.3. The Bertz CT molecular complexity index is 283. The highest BCUT2D eigenvalue weighted by Gasteiger charge is 2.08. The van der Waals surface area contributed by atoms with E-state index in [-0.39, 0.29) is 11.9 Å². The van der Waals surface area contributed by atoms with Gasteiger partial charge in [-0.05, 0) is 41.9 Å². The predicted octanol–water partition coefficient (Wildman–Crippen LogP) is 3.68. The third kappa shape index (κ3) is 4.77. The second kappa shape index (κ2) is 7.01. The molecule has 2 nitrogen and oxygen atoms in total. The van der Waals surface area contributed by atoms with Crippen LogP contribution in [0.4, 0.5) is 0 Å². The fourth-order valence-corrected chi connectivity index (χ4v) is 2.06. The number of halogens is 1. The lowest BCUT2D eigenvalue weighted by molar-refractivity contribution is 0.0947. The van der Waals surface area contributed by atoms with Crippen LogP contribution in [-0.2, 0) is 0 Å². The SMILES string of the molecule is CC.CC(C)NC(=O)c1ccc(Br)s1. The minimum Gasteiger partial charge on any atom is -0.349 e. The highest BCUT2D eigenvalue weighted by atomic mass is 79.9. The Morgan fingerprint density at radius 1 is 1.43 bits per heavy atom. The molecule has 0 saturated carbocycles. The molecule has 1 aromatic heterocycles. The molecule has 0 saturated heterocycles. The number of hydrogen-bond acceptors (Lipinski definition) is 2. The fraction of sp³-hybridized carbons (Fsp3) is 0.500. The molecule has 0 spiro atoms. The van der Waals surface area contributed by atoms with Crippen LogP contribution in [0.5, 0.6) is 0 Å². The topological polar surface area (TPSA) is 29.1 Å². The monoisotopic (exact) mass is 277 g/mol. The first-order valence-electron chi connectivity index (χ1n) is 4.66. The van der Waals surface area contributed by atoms with Gasteiger partial charge < -0.3 is 5.32 Å². The van der Waals surface area contributed by atoms with Crippen LogP contribution in [0.15, 0.2) is 15.9 Å². The molecule has 80 valence electrons. The van der Waals surface area contributed by atoms with E-state index in [0.717, 1.165) is 8.66 Å². The Kier molecular flexibility index (Phi) is 6.83. The van der Waals surface area contributed by atoms with Crippen molar-refractivity contribution >= 4 is 33.2 Å². The molecule has 0 aliphatic rings. The van der Waals surface area contributed by atoms with Gasteiger partial charge in [0.05, 0.1) is 8.66 Å². The average Bonchev–Trinajstić information content (AvgIpc) is 2.54. The van der Waals surface area contributed by atoms with Crippen molar-refractivity contribution in [2.24, 2.45) is 0 Å². The summed E-state index contributed by atoms with van der Waals surface area (Å²) in [5, 5.41) is 2.82. The summed E-state index contributed by atoms with van der Waals surface area (Å²) < 4.78 is 0.983. The first-order chi connectivity index (χ1) is 6.59. The van der Waals surface area contributed by atoms with E-state index in [1.54, 1.807) is 0 Å². The number of carbonyl (C=O) groups is 1. The molecular formula is C10H16BrNOS. The van der Waals surface area contributed by atoms with Crippen LogP contribution in [0, 0.1) is 0 Å². The summed E-state index contributed by atoms with van der Waals surface area (Å²) in [6, 6.07) is 3.88. The first-order valence-corrected chi connectivity index (χ1v) is 6.26. The Balaban J connectivity index is 0.000000791. The van der Waals surface area contributed by atoms with Crippen LogP contribution in [0.2, 0.25) is 0 Å². The fourth-order valence-electron chi connectivity index (χ4n) is 0.770. The van der Waals surface area contributed by atoms with E-state index in [0.29, 0.717) is 0 Å². The molecule has 1 N–H and O–H groups in total. The molecular weight excluding hydrogens is 262 g/mol. The van der Waals surface area contributed by atoms with Gasteiger partial charge in [0.2, 0.25) is 0 Å². The summed E-state index contributed by atoms with van der Waals surface area (Å²) in [6.07, 6.45) is 0. The molecule has 1 rings (SSSR count). The Labute approximate surface area is 97.8 Å². The van der Waals surface area contributed by atoms with E-state index in [9.17, 15) is 4.79 Å². The van der Waals surface area contributed by atoms with Crippen LogP contribution in [-0.4, -0.2) is 11.9 Å². The van der Waals surface area contributed by atoms with Gasteiger partial charge in [0.25, 0.3) is 5.91 Å². The van der Waals surface area contributed by atoms with Crippen LogP contribution in [0.25, 0.3) is 0 Å². The molecule has 14 heavy (non-hydrogen) atoms. The van der Waals surface area contributed by atoms with Crippen LogP contribution in [0.3, 0.4) is 0 Å². The van der Waals surface area contributed by atoms with Gasteiger partial charge in [0.15, 0.2) is 0 Å². The van der Waals surface area contributed by atoms with Gasteiger partial charge in [-0.2, -0.15) is 0 Å². The zero-order chi connectivity index (χ0) is 11.1. The van der Waals surface area contributed by atoms with Gasteiger partial charge in [0, 0.05) is 6.04 Å². The van der Waals surface area contributed by atoms with Crippen molar-refractivity contribution in [1.29, 1.82) is 0 Å². The lowest BCUT2D eigenvalue weighted by Crippen LogP contribution is -2.29. The van der Waals surface area contributed by atoms with Crippen molar-refractivity contribution in [2.45, 2.75) is 33.7 Å². The molecule has 0 aliphatic carbocycles. The largest absolute Gasteiger partial charge is 0.349 e. The smallest absolute Gasteiger partial charge is 0.261 e. The second-order valence-corrected chi connectivity index (χ2v) is 5.19. The molecule has 0 atom stereocenters. The average molecular weight is 278 g/mol. The first kappa shape index (κ1) is 13.7. The highest BCUT2D eigenvalue weighted by Crippen LogP contribution is 2.21. The van der Waals surface area contributed by atoms with E-state index in [1.165, 1.54) is 11.3 Å². The number of amides is 1. The Hall–Kier alpha value is -0.350. The molecule has 0 unspecified atom stereocenters. The predicted molar refractivity (Wildman–Crippen MR) is 66.0 cm³/mol. The van der Waals surface area contributed by atoms with Gasteiger partial charge in [-0.15, -0.1) is 11.3 Å². The molecule has 0 fully saturated rings. The van der Waals surface area contributed by atoms with Crippen LogP contribution < -0.4 is 5.32 Å². The minimum absolute atomic E-state index is 0.000648. The highest BCUT2D eigenvalue weighted by molar-refractivity contribution is 9.11. The van der Waals surface area contributed by atoms with E-state index < -0.39 is 0 Å². The number of rotatable bonds is 2. The summed E-state index contributed by atoms with van der Waals surface area (Å²) in [6.45, 7) is 7.89. The lowest BCUT2D eigenvalue weighted by Gasteiger charge is -2.05. The lowest BCUT2D eigenvalue weighted by atomic mass is 10.3. The zero-order valence-corrected chi connectivity index (χ0v) is 11.3. The van der Waals surface area contributed by atoms with E-state index in [1.807, 2.05) is 39.8 Å². The normalized spacial score (nSPS) is 9.29. The summed E-state index contributed by atoms with van der Waals surface area (Å²) in [4.78, 5) is 12.1. The van der Waals surface area contributed by atoms with Crippen LogP contribution >= 0.6 is 27.3 Å². The standard InChI is InChI=1S/C8H10BrNOS.C2H6/c1-5(2)10-8(11)6-3-4-7(9)12-6;1-2/h3-5H,1-2H3,(H,10,11);1-2H3. The molecule has 1 aromatic rings. The van der Waals surface area contributed by atoms with Gasteiger partial charge in [-0.1, -0.05) is 13.8 Å². The van der Waals surface area contributed by atoms with E-state index in [2.05, 4.69) is 21.2 Å². The molecule has 0 radical (unpaired) electrons. The van der Waals surface area contributed by atoms with Crippen LogP contribution in [0.1, 0.15) is 37.4 Å². The van der Waals surface area contributed by atoms with Gasteiger partial charge in [0.1, 0.15) is 0 Å². The number of nitrogens with one attached hydrogen (secondary N) is 1. The van der Waals surface area contributed by atoms with Crippen molar-refractivity contribution < 1.29 is 4.79 Å². The molecule has 1 heterocycles. The molecule has 0 aromatic carbocycles. The molecule has 0 aliphatic heterocycles. The third-order valence-corrected chi connectivity index (χ3v) is 2.84.